The van der Waals surface area contributed by atoms with Gasteiger partial charge in [-0.1, -0.05) is 0 Å². The van der Waals surface area contributed by atoms with Gasteiger partial charge in [0, 0.05) is 7.05 Å². The molecule has 1 aromatic heterocycles. The van der Waals surface area contributed by atoms with E-state index in [0.717, 1.165) is 0 Å². The van der Waals surface area contributed by atoms with Gasteiger partial charge in [0.1, 0.15) is 5.69 Å². The van der Waals surface area contributed by atoms with Crippen molar-refractivity contribution in [1.82, 2.24) is 4.98 Å². The summed E-state index contributed by atoms with van der Waals surface area (Å²) in [7, 11) is 1.58. The number of nitrogens with one attached hydrogen (secondary N) is 2. The van der Waals surface area contributed by atoms with Crippen LogP contribution in [0.3, 0.4) is 0 Å². The Hall–Kier alpha value is -2.38. The van der Waals surface area contributed by atoms with Crippen LogP contribution in [0, 0.1) is 29.1 Å². The van der Waals surface area contributed by atoms with Gasteiger partial charge in [-0.05, 0) is 6.07 Å². The molecule has 3 nitrogen and oxygen atoms in total. The third-order valence-corrected chi connectivity index (χ3v) is 2.51. The van der Waals surface area contributed by atoms with Crippen molar-refractivity contribution < 1.29 is 22.0 Å². The van der Waals surface area contributed by atoms with Gasteiger partial charge in [0.25, 0.3) is 0 Å². The predicted octanol–water partition coefficient (Wildman–Crippen LogP) is 3.56. The Morgan fingerprint density at radius 3 is 1.85 bits per heavy atom. The summed E-state index contributed by atoms with van der Waals surface area (Å²) in [5.41, 5.74) is -0.560. The van der Waals surface area contributed by atoms with E-state index in [1.807, 2.05) is 0 Å². The molecule has 0 spiro atoms. The van der Waals surface area contributed by atoms with Gasteiger partial charge in [0.2, 0.25) is 5.82 Å². The van der Waals surface area contributed by atoms with E-state index in [9.17, 15) is 22.0 Å². The van der Waals surface area contributed by atoms with E-state index < -0.39 is 34.8 Å². The lowest BCUT2D eigenvalue weighted by atomic mass is 10.2. The molecule has 0 saturated carbocycles. The van der Waals surface area contributed by atoms with Crippen LogP contribution in [0.5, 0.6) is 0 Å². The molecule has 0 amide bonds. The van der Waals surface area contributed by atoms with Gasteiger partial charge in [-0.15, -0.1) is 0 Å². The molecule has 0 unspecified atom stereocenters. The van der Waals surface area contributed by atoms with Gasteiger partial charge < -0.3 is 10.6 Å². The maximum Gasteiger partial charge on any atom is 0.200 e. The molecule has 0 aliphatic carbocycles. The number of aromatic nitrogens is 1. The number of rotatable bonds is 3. The maximum atomic E-state index is 13.5. The Kier molecular flexibility index (Phi) is 3.73. The Morgan fingerprint density at radius 2 is 1.30 bits per heavy atom. The van der Waals surface area contributed by atoms with Crippen molar-refractivity contribution in [2.75, 3.05) is 17.7 Å². The van der Waals surface area contributed by atoms with Crippen molar-refractivity contribution in [2.24, 2.45) is 0 Å². The second-order valence-electron chi connectivity index (χ2n) is 3.78. The molecule has 106 valence electrons. The first-order valence-electron chi connectivity index (χ1n) is 5.37. The summed E-state index contributed by atoms with van der Waals surface area (Å²) < 4.78 is 65.8. The highest BCUT2D eigenvalue weighted by atomic mass is 19.2. The summed E-state index contributed by atoms with van der Waals surface area (Å²) in [4.78, 5) is 3.74. The average Bonchev–Trinajstić information content (AvgIpc) is 2.48. The zero-order valence-electron chi connectivity index (χ0n) is 10.1. The Morgan fingerprint density at radius 1 is 0.800 bits per heavy atom. The van der Waals surface area contributed by atoms with Crippen molar-refractivity contribution in [3.8, 4) is 0 Å². The maximum absolute atomic E-state index is 13.5. The average molecular weight is 289 g/mol. The third-order valence-electron chi connectivity index (χ3n) is 2.51. The van der Waals surface area contributed by atoms with E-state index in [-0.39, 0.29) is 5.69 Å². The van der Waals surface area contributed by atoms with Crippen LogP contribution in [0.2, 0.25) is 0 Å². The minimum atomic E-state index is -2.20. The highest BCUT2D eigenvalue weighted by molar-refractivity contribution is 5.64. The third kappa shape index (κ3) is 2.36. The van der Waals surface area contributed by atoms with Crippen molar-refractivity contribution in [3.05, 3.63) is 47.5 Å². The number of halogens is 5. The highest BCUT2D eigenvalue weighted by Gasteiger charge is 2.25. The molecule has 0 aliphatic heterocycles. The minimum Gasteiger partial charge on any atom is -0.387 e. The lowest BCUT2D eigenvalue weighted by Crippen LogP contribution is -2.07. The molecular formula is C12H8F5N3. The summed E-state index contributed by atoms with van der Waals surface area (Å²) >= 11 is 0. The first kappa shape index (κ1) is 14.0. The number of pyridine rings is 1. The molecule has 0 saturated heterocycles. The summed E-state index contributed by atoms with van der Waals surface area (Å²) in [6.07, 6.45) is 2.60. The Labute approximate surface area is 110 Å². The molecular weight excluding hydrogens is 281 g/mol. The van der Waals surface area contributed by atoms with E-state index >= 15 is 0 Å². The molecule has 2 N–H and O–H groups in total. The standard InChI is InChI=1S/C12H8F5N3/c1-18-5-2-6(4-19-3-5)20-12-10(16)8(14)7(13)9(15)11(12)17/h2-4,18,20H,1H3. The van der Waals surface area contributed by atoms with Gasteiger partial charge in [0.05, 0.1) is 23.8 Å². The van der Waals surface area contributed by atoms with Crippen molar-refractivity contribution >= 4 is 17.1 Å². The highest BCUT2D eigenvalue weighted by Crippen LogP contribution is 2.29. The van der Waals surface area contributed by atoms with Crippen LogP contribution in [-0.4, -0.2) is 12.0 Å². The van der Waals surface area contributed by atoms with Crippen LogP contribution >= 0.6 is 0 Å². The quantitative estimate of drug-likeness (QED) is 0.515. The van der Waals surface area contributed by atoms with Gasteiger partial charge in [-0.3, -0.25) is 4.98 Å². The second kappa shape index (κ2) is 5.32. The van der Waals surface area contributed by atoms with Crippen LogP contribution in [0.15, 0.2) is 18.5 Å². The zero-order chi connectivity index (χ0) is 14.9. The summed E-state index contributed by atoms with van der Waals surface area (Å²) in [6, 6.07) is 1.39. The van der Waals surface area contributed by atoms with Crippen molar-refractivity contribution in [1.29, 1.82) is 0 Å². The molecule has 0 atom stereocenters. The monoisotopic (exact) mass is 289 g/mol. The van der Waals surface area contributed by atoms with Gasteiger partial charge >= 0.3 is 0 Å². The van der Waals surface area contributed by atoms with Crippen LogP contribution < -0.4 is 10.6 Å². The number of hydrogen-bond donors (Lipinski definition) is 2. The first-order chi connectivity index (χ1) is 9.45. The van der Waals surface area contributed by atoms with Crippen LogP contribution in [0.4, 0.5) is 39.0 Å². The minimum absolute atomic E-state index is 0.0695. The number of benzene rings is 1. The van der Waals surface area contributed by atoms with Crippen molar-refractivity contribution in [2.45, 2.75) is 0 Å². The fourth-order valence-electron chi connectivity index (χ4n) is 1.50. The molecule has 1 aromatic carbocycles. The van der Waals surface area contributed by atoms with E-state index in [0.29, 0.717) is 5.69 Å². The van der Waals surface area contributed by atoms with E-state index in [1.165, 1.54) is 18.5 Å². The Bertz CT molecular complexity index is 631. The van der Waals surface area contributed by atoms with Gasteiger partial charge in [-0.2, -0.15) is 0 Å². The fraction of sp³-hybridized carbons (Fsp3) is 0.0833. The molecule has 0 bridgehead atoms. The topological polar surface area (TPSA) is 37.0 Å². The smallest absolute Gasteiger partial charge is 0.200 e. The SMILES string of the molecule is CNc1cncc(Nc2c(F)c(F)c(F)c(F)c2F)c1. The zero-order valence-corrected chi connectivity index (χ0v) is 10.1. The molecule has 0 radical (unpaired) electrons. The molecule has 2 rings (SSSR count). The number of anilines is 3. The second-order valence-corrected chi connectivity index (χ2v) is 3.78. The fourth-order valence-corrected chi connectivity index (χ4v) is 1.50. The molecule has 0 fully saturated rings. The lowest BCUT2D eigenvalue weighted by Gasteiger charge is -2.11. The molecule has 8 heteroatoms. The van der Waals surface area contributed by atoms with Gasteiger partial charge in [0.15, 0.2) is 23.3 Å². The lowest BCUT2D eigenvalue weighted by molar-refractivity contribution is 0.382. The first-order valence-corrected chi connectivity index (χ1v) is 5.37. The summed E-state index contributed by atoms with van der Waals surface area (Å²) in [5, 5.41) is 4.84. The van der Waals surface area contributed by atoms with Gasteiger partial charge in [-0.25, -0.2) is 22.0 Å². The number of nitrogens with zero attached hydrogens (tertiary/aromatic N) is 1. The van der Waals surface area contributed by atoms with Crippen molar-refractivity contribution in [3.63, 3.8) is 0 Å². The largest absolute Gasteiger partial charge is 0.387 e. The summed E-state index contributed by atoms with van der Waals surface area (Å²) in [5.74, 6) is -10.1. The van der Waals surface area contributed by atoms with E-state index in [4.69, 9.17) is 0 Å². The summed E-state index contributed by atoms with van der Waals surface area (Å²) in [6.45, 7) is 0. The normalized spacial score (nSPS) is 10.5. The molecule has 1 heterocycles. The van der Waals surface area contributed by atoms with E-state index in [1.54, 1.807) is 7.05 Å². The Balaban J connectivity index is 2.48. The number of hydrogen-bond acceptors (Lipinski definition) is 3. The predicted molar refractivity (Wildman–Crippen MR) is 63.3 cm³/mol. The van der Waals surface area contributed by atoms with Crippen LogP contribution in [0.25, 0.3) is 0 Å². The van der Waals surface area contributed by atoms with E-state index in [2.05, 4.69) is 15.6 Å². The van der Waals surface area contributed by atoms with Crippen LogP contribution in [0.1, 0.15) is 0 Å². The van der Waals surface area contributed by atoms with Crippen LogP contribution in [-0.2, 0) is 0 Å². The molecule has 2 aromatic rings. The molecule has 20 heavy (non-hydrogen) atoms. The molecule has 0 aliphatic rings.